The zero-order valence-electron chi connectivity index (χ0n) is 18.1. The fourth-order valence-corrected chi connectivity index (χ4v) is 3.65. The summed E-state index contributed by atoms with van der Waals surface area (Å²) in [5, 5.41) is 7.96. The Labute approximate surface area is 180 Å². The van der Waals surface area contributed by atoms with E-state index >= 15 is 0 Å². The number of rotatable bonds is 6. The lowest BCUT2D eigenvalue weighted by atomic mass is 10.1. The number of nitrogens with one attached hydrogen (secondary N) is 1. The van der Waals surface area contributed by atoms with Crippen molar-refractivity contribution in [2.45, 2.75) is 39.3 Å². The topological polar surface area (TPSA) is 92.5 Å². The van der Waals surface area contributed by atoms with Crippen molar-refractivity contribution in [3.63, 3.8) is 0 Å². The number of carbonyl (C=O) groups is 2. The lowest BCUT2D eigenvalue weighted by Crippen LogP contribution is -2.36. The Bertz CT molecular complexity index is 1100. The molecule has 1 aromatic carbocycles. The van der Waals surface area contributed by atoms with Gasteiger partial charge in [-0.2, -0.15) is 4.98 Å². The van der Waals surface area contributed by atoms with Crippen LogP contribution < -0.4 is 5.32 Å². The Kier molecular flexibility index (Phi) is 6.40. The summed E-state index contributed by atoms with van der Waals surface area (Å²) >= 11 is 1.44. The summed E-state index contributed by atoms with van der Waals surface area (Å²) in [6.45, 7) is 7.62. The second-order valence-corrected chi connectivity index (χ2v) is 8.09. The number of aryl methyl sites for hydroxylation is 4. The fraction of sp³-hybridized carbons (Fsp3) is 0.381. The van der Waals surface area contributed by atoms with E-state index < -0.39 is 0 Å². The molecule has 1 N–H and O–H groups in total. The summed E-state index contributed by atoms with van der Waals surface area (Å²) < 4.78 is 1.66. The average molecular weight is 427 g/mol. The van der Waals surface area contributed by atoms with E-state index in [4.69, 9.17) is 0 Å². The van der Waals surface area contributed by atoms with Crippen LogP contribution in [0.2, 0.25) is 0 Å². The lowest BCUT2D eigenvalue weighted by Gasteiger charge is -2.19. The molecule has 30 heavy (non-hydrogen) atoms. The maximum atomic E-state index is 12.8. The van der Waals surface area contributed by atoms with Crippen LogP contribution in [0.4, 0.5) is 5.69 Å². The van der Waals surface area contributed by atoms with E-state index in [1.807, 2.05) is 52.1 Å². The van der Waals surface area contributed by atoms with E-state index in [-0.39, 0.29) is 24.8 Å². The second kappa shape index (κ2) is 8.83. The van der Waals surface area contributed by atoms with Gasteiger partial charge in [0.1, 0.15) is 0 Å². The van der Waals surface area contributed by atoms with Crippen molar-refractivity contribution in [2.24, 2.45) is 0 Å². The standard InChI is InChI=1S/C21H26N6O2S/c1-12-8-7-9-13(2)19(12)23-17(28)11-26(5)18(29)10-16-14(3)22-20-24-21(30-6)25-27(20)15(16)4/h7-9H,10-11H2,1-6H3,(H,23,28). The number of hydrogen-bond acceptors (Lipinski definition) is 6. The van der Waals surface area contributed by atoms with Crippen molar-refractivity contribution < 1.29 is 9.59 Å². The van der Waals surface area contributed by atoms with E-state index in [1.54, 1.807) is 11.6 Å². The van der Waals surface area contributed by atoms with Gasteiger partial charge in [-0.05, 0) is 45.1 Å². The number of fused-ring (bicyclic) bond motifs is 1. The van der Waals surface area contributed by atoms with Gasteiger partial charge in [0.05, 0.1) is 13.0 Å². The molecule has 3 aromatic rings. The summed E-state index contributed by atoms with van der Waals surface area (Å²) in [5.74, 6) is 0.127. The molecule has 0 saturated heterocycles. The molecule has 2 amide bonds. The van der Waals surface area contributed by atoms with Crippen molar-refractivity contribution in [3.05, 3.63) is 46.3 Å². The van der Waals surface area contributed by atoms with Gasteiger partial charge < -0.3 is 10.2 Å². The molecule has 2 aromatic heterocycles. The SMILES string of the molecule is CSc1nc2nc(C)c(CC(=O)N(C)CC(=O)Nc3c(C)cccc3C)c(C)n2n1. The Balaban J connectivity index is 1.72. The number of aromatic nitrogens is 4. The quantitative estimate of drug-likeness (QED) is 0.609. The normalized spacial score (nSPS) is 11.0. The molecule has 9 heteroatoms. The predicted molar refractivity (Wildman–Crippen MR) is 118 cm³/mol. The largest absolute Gasteiger partial charge is 0.336 e. The summed E-state index contributed by atoms with van der Waals surface area (Å²) in [5.41, 5.74) is 5.13. The van der Waals surface area contributed by atoms with Crippen LogP contribution in [0.3, 0.4) is 0 Å². The third-order valence-corrected chi connectivity index (χ3v) is 5.63. The summed E-state index contributed by atoms with van der Waals surface area (Å²) in [7, 11) is 1.63. The molecule has 0 atom stereocenters. The Morgan fingerprint density at radius 2 is 1.80 bits per heavy atom. The van der Waals surface area contributed by atoms with Gasteiger partial charge >= 0.3 is 0 Å². The van der Waals surface area contributed by atoms with Crippen LogP contribution in [0.25, 0.3) is 5.78 Å². The van der Waals surface area contributed by atoms with Gasteiger partial charge in [-0.1, -0.05) is 30.0 Å². The molecule has 2 heterocycles. The molecule has 0 saturated carbocycles. The zero-order chi connectivity index (χ0) is 22.0. The molecule has 0 aliphatic rings. The molecule has 158 valence electrons. The van der Waals surface area contributed by atoms with Crippen molar-refractivity contribution >= 4 is 35.0 Å². The number of hydrogen-bond donors (Lipinski definition) is 1. The Morgan fingerprint density at radius 1 is 1.13 bits per heavy atom. The first-order chi connectivity index (χ1) is 14.2. The molecular weight excluding hydrogens is 400 g/mol. The maximum absolute atomic E-state index is 12.8. The van der Waals surface area contributed by atoms with Gasteiger partial charge in [0, 0.05) is 29.7 Å². The number of para-hydroxylation sites is 1. The van der Waals surface area contributed by atoms with Crippen LogP contribution in [0, 0.1) is 27.7 Å². The highest BCUT2D eigenvalue weighted by atomic mass is 32.2. The van der Waals surface area contributed by atoms with E-state index in [2.05, 4.69) is 20.4 Å². The monoisotopic (exact) mass is 426 g/mol. The number of carbonyl (C=O) groups excluding carboxylic acids is 2. The summed E-state index contributed by atoms with van der Waals surface area (Å²) in [6, 6.07) is 5.83. The number of nitrogens with zero attached hydrogens (tertiary/aromatic N) is 5. The highest BCUT2D eigenvalue weighted by Crippen LogP contribution is 2.20. The number of anilines is 1. The lowest BCUT2D eigenvalue weighted by molar-refractivity contribution is -0.132. The minimum Gasteiger partial charge on any atom is -0.336 e. The molecule has 0 bridgehead atoms. The van der Waals surface area contributed by atoms with Gasteiger partial charge in [-0.3, -0.25) is 9.59 Å². The van der Waals surface area contributed by atoms with Crippen LogP contribution >= 0.6 is 11.8 Å². The van der Waals surface area contributed by atoms with Gasteiger partial charge in [0.15, 0.2) is 0 Å². The first-order valence-electron chi connectivity index (χ1n) is 9.58. The van der Waals surface area contributed by atoms with Crippen molar-refractivity contribution in [3.8, 4) is 0 Å². The molecular formula is C21H26N6O2S. The third-order valence-electron chi connectivity index (χ3n) is 5.09. The molecule has 8 nitrogen and oxygen atoms in total. The van der Waals surface area contributed by atoms with E-state index in [0.717, 1.165) is 33.8 Å². The van der Waals surface area contributed by atoms with Gasteiger partial charge in [-0.15, -0.1) is 5.10 Å². The van der Waals surface area contributed by atoms with Gasteiger partial charge in [0.2, 0.25) is 17.0 Å². The number of amides is 2. The summed E-state index contributed by atoms with van der Waals surface area (Å²) in [4.78, 5) is 35.6. The van der Waals surface area contributed by atoms with Crippen molar-refractivity contribution in [1.82, 2.24) is 24.5 Å². The number of benzene rings is 1. The Hall–Kier alpha value is -2.94. The molecule has 0 aliphatic carbocycles. The van der Waals surface area contributed by atoms with E-state index in [0.29, 0.717) is 10.9 Å². The highest BCUT2D eigenvalue weighted by Gasteiger charge is 2.19. The fourth-order valence-electron chi connectivity index (χ4n) is 3.31. The Morgan fingerprint density at radius 3 is 2.43 bits per heavy atom. The van der Waals surface area contributed by atoms with Crippen molar-refractivity contribution in [1.29, 1.82) is 0 Å². The van der Waals surface area contributed by atoms with Crippen LogP contribution in [0.5, 0.6) is 0 Å². The molecule has 0 radical (unpaired) electrons. The molecule has 0 spiro atoms. The zero-order valence-corrected chi connectivity index (χ0v) is 18.9. The van der Waals surface area contributed by atoms with Gasteiger partial charge in [-0.25, -0.2) is 9.50 Å². The third kappa shape index (κ3) is 4.46. The average Bonchev–Trinajstić information content (AvgIpc) is 3.11. The van der Waals surface area contributed by atoms with E-state index in [9.17, 15) is 9.59 Å². The first-order valence-corrected chi connectivity index (χ1v) is 10.8. The van der Waals surface area contributed by atoms with Crippen LogP contribution in [0.1, 0.15) is 28.1 Å². The molecule has 0 aliphatic heterocycles. The van der Waals surface area contributed by atoms with Gasteiger partial charge in [0.25, 0.3) is 5.78 Å². The van der Waals surface area contributed by atoms with Crippen LogP contribution in [0.15, 0.2) is 23.4 Å². The summed E-state index contributed by atoms with van der Waals surface area (Å²) in [6.07, 6.45) is 2.04. The smallest absolute Gasteiger partial charge is 0.253 e. The highest BCUT2D eigenvalue weighted by molar-refractivity contribution is 7.98. The van der Waals surface area contributed by atoms with Crippen LogP contribution in [-0.2, 0) is 16.0 Å². The first kappa shape index (κ1) is 21.8. The maximum Gasteiger partial charge on any atom is 0.253 e. The minimum atomic E-state index is -0.230. The predicted octanol–water partition coefficient (Wildman–Crippen LogP) is 2.72. The molecule has 0 fully saturated rings. The van der Waals surface area contributed by atoms with Crippen LogP contribution in [-0.4, -0.2) is 56.1 Å². The van der Waals surface area contributed by atoms with Crippen molar-refractivity contribution in [2.75, 3.05) is 25.2 Å². The molecule has 0 unspecified atom stereocenters. The van der Waals surface area contributed by atoms with E-state index in [1.165, 1.54) is 16.7 Å². The molecule has 3 rings (SSSR count). The number of likely N-dealkylation sites (N-methyl/N-ethyl adjacent to an activating group) is 1. The second-order valence-electron chi connectivity index (χ2n) is 7.31. The minimum absolute atomic E-state index is 0.0275. The number of thioether (sulfide) groups is 1.